The molecule has 0 fully saturated rings. The average Bonchev–Trinajstić information content (AvgIpc) is 2.81. The van der Waals surface area contributed by atoms with Crippen molar-refractivity contribution in [2.75, 3.05) is 20.7 Å². The molecule has 0 amide bonds. The summed E-state index contributed by atoms with van der Waals surface area (Å²) in [5, 5.41) is 11.4. The molecule has 0 aromatic heterocycles. The van der Waals surface area contributed by atoms with Gasteiger partial charge in [0.2, 0.25) is 0 Å². The molecule has 0 spiro atoms. The second-order valence-corrected chi connectivity index (χ2v) is 5.13. The van der Waals surface area contributed by atoms with Gasteiger partial charge in [0.25, 0.3) is 0 Å². The van der Waals surface area contributed by atoms with Gasteiger partial charge in [-0.3, -0.25) is 4.99 Å². The second kappa shape index (κ2) is 6.47. The van der Waals surface area contributed by atoms with Crippen LogP contribution in [0.25, 0.3) is 11.8 Å². The molecule has 1 N–H and O–H groups in total. The first kappa shape index (κ1) is 15.8. The number of benzene rings is 1. The number of esters is 1. The van der Waals surface area contributed by atoms with Crippen LogP contribution in [0.5, 0.6) is 5.75 Å². The molecule has 1 heterocycles. The first-order valence-corrected chi connectivity index (χ1v) is 7.10. The van der Waals surface area contributed by atoms with Gasteiger partial charge < -0.3 is 14.7 Å². The van der Waals surface area contributed by atoms with E-state index in [0.717, 1.165) is 0 Å². The number of aromatic hydroxyl groups is 1. The molecule has 0 saturated carbocycles. The van der Waals surface area contributed by atoms with Crippen LogP contribution < -0.4 is 10.4 Å². The van der Waals surface area contributed by atoms with Crippen molar-refractivity contribution in [2.24, 2.45) is 4.99 Å². The van der Waals surface area contributed by atoms with Crippen LogP contribution >= 0.6 is 0 Å². The summed E-state index contributed by atoms with van der Waals surface area (Å²) >= 11 is 0. The van der Waals surface area contributed by atoms with Crippen LogP contribution in [-0.2, 0) is 9.53 Å². The van der Waals surface area contributed by atoms with E-state index >= 15 is 0 Å². The fourth-order valence-corrected chi connectivity index (χ4v) is 2.39. The lowest BCUT2D eigenvalue weighted by molar-refractivity contribution is -0.135. The van der Waals surface area contributed by atoms with Crippen molar-refractivity contribution in [1.29, 1.82) is 0 Å². The van der Waals surface area contributed by atoms with Crippen LogP contribution in [-0.4, -0.2) is 42.4 Å². The standard InChI is InChI=1S/C17H20N2O3/c1-5-7-12-16(17(21)22-6-2)15-11(10-19(3)4)14(20)9-8-13(15)18-12/h5,8-10,20H,1,6-7H2,2-4H3. The normalized spacial score (nSPS) is 13.7. The maximum Gasteiger partial charge on any atom is 0.340 e. The summed E-state index contributed by atoms with van der Waals surface area (Å²) < 4.78 is 5.16. The number of hydrogen-bond acceptors (Lipinski definition) is 5. The van der Waals surface area contributed by atoms with Gasteiger partial charge in [-0.2, -0.15) is 0 Å². The van der Waals surface area contributed by atoms with E-state index < -0.39 is 5.97 Å². The lowest BCUT2D eigenvalue weighted by Crippen LogP contribution is -2.32. The Labute approximate surface area is 129 Å². The van der Waals surface area contributed by atoms with Crippen molar-refractivity contribution in [3.8, 4) is 5.75 Å². The van der Waals surface area contributed by atoms with Crippen LogP contribution in [0.2, 0.25) is 0 Å². The molecule has 2 rings (SSSR count). The number of phenols is 1. The molecule has 1 aliphatic rings. The van der Waals surface area contributed by atoms with E-state index in [1.165, 1.54) is 0 Å². The number of phenolic OH excluding ortho intramolecular Hbond substituents is 1. The lowest BCUT2D eigenvalue weighted by atomic mass is 10.0. The molecule has 1 aromatic rings. The number of aliphatic imine (C=N–C) groups is 1. The number of nitrogens with zero attached hydrogens (tertiary/aromatic N) is 2. The van der Waals surface area contributed by atoms with Gasteiger partial charge in [-0.1, -0.05) is 6.08 Å². The molecule has 5 heteroatoms. The van der Waals surface area contributed by atoms with Gasteiger partial charge >= 0.3 is 5.97 Å². The Bertz CT molecular complexity index is 761. The molecule has 0 aliphatic carbocycles. The van der Waals surface area contributed by atoms with E-state index in [-0.39, 0.29) is 12.4 Å². The highest BCUT2D eigenvalue weighted by Gasteiger charge is 2.25. The zero-order valence-corrected chi connectivity index (χ0v) is 13.1. The molecule has 1 aliphatic heterocycles. The van der Waals surface area contributed by atoms with E-state index in [0.29, 0.717) is 33.8 Å². The van der Waals surface area contributed by atoms with Gasteiger partial charge in [-0.25, -0.2) is 4.79 Å². The predicted molar refractivity (Wildman–Crippen MR) is 87.5 cm³/mol. The summed E-state index contributed by atoms with van der Waals surface area (Å²) in [5.41, 5.74) is 1.68. The molecule has 116 valence electrons. The molecule has 0 radical (unpaired) electrons. The summed E-state index contributed by atoms with van der Waals surface area (Å²) in [6, 6.07) is 3.28. The van der Waals surface area contributed by atoms with Gasteiger partial charge in [0.15, 0.2) is 0 Å². The number of hydrogen-bond donors (Lipinski definition) is 1. The van der Waals surface area contributed by atoms with Crippen LogP contribution in [0.1, 0.15) is 13.3 Å². The Morgan fingerprint density at radius 3 is 2.77 bits per heavy atom. The first-order chi connectivity index (χ1) is 10.5. The number of ether oxygens (including phenoxy) is 1. The van der Waals surface area contributed by atoms with Crippen molar-refractivity contribution in [1.82, 2.24) is 4.90 Å². The van der Waals surface area contributed by atoms with Crippen LogP contribution in [0.15, 0.2) is 29.8 Å². The van der Waals surface area contributed by atoms with Crippen LogP contribution in [0.3, 0.4) is 0 Å². The maximum atomic E-state index is 12.4. The highest BCUT2D eigenvalue weighted by molar-refractivity contribution is 6.43. The van der Waals surface area contributed by atoms with Gasteiger partial charge in [0, 0.05) is 37.2 Å². The molecule has 22 heavy (non-hydrogen) atoms. The zero-order chi connectivity index (χ0) is 16.3. The van der Waals surface area contributed by atoms with Gasteiger partial charge in [0.1, 0.15) is 5.75 Å². The van der Waals surface area contributed by atoms with E-state index in [9.17, 15) is 9.90 Å². The summed E-state index contributed by atoms with van der Waals surface area (Å²) in [6.45, 7) is 5.74. The number of carbonyl (C=O) groups excluding carboxylic acids is 1. The van der Waals surface area contributed by atoms with Crippen molar-refractivity contribution < 1.29 is 14.6 Å². The predicted octanol–water partition coefficient (Wildman–Crippen LogP) is 1.07. The summed E-state index contributed by atoms with van der Waals surface area (Å²) in [7, 11) is 3.70. The van der Waals surface area contributed by atoms with E-state index in [4.69, 9.17) is 4.74 Å². The molecule has 0 bridgehead atoms. The fraction of sp³-hybridized carbons (Fsp3) is 0.294. The topological polar surface area (TPSA) is 62.1 Å². The summed E-state index contributed by atoms with van der Waals surface area (Å²) in [6.07, 6.45) is 3.92. The van der Waals surface area contributed by atoms with E-state index in [2.05, 4.69) is 11.6 Å². The Hall–Kier alpha value is -2.56. The number of allylic oxidation sites excluding steroid dienone is 1. The minimum Gasteiger partial charge on any atom is -0.507 e. The highest BCUT2D eigenvalue weighted by Crippen LogP contribution is 2.20. The molecule has 0 atom stereocenters. The van der Waals surface area contributed by atoms with Gasteiger partial charge in [-0.15, -0.1) is 6.58 Å². The van der Waals surface area contributed by atoms with Crippen molar-refractivity contribution in [3.63, 3.8) is 0 Å². The summed E-state index contributed by atoms with van der Waals surface area (Å²) in [4.78, 5) is 18.7. The first-order valence-electron chi connectivity index (χ1n) is 7.10. The third-order valence-corrected chi connectivity index (χ3v) is 3.20. The molecule has 1 aromatic carbocycles. The Morgan fingerprint density at radius 1 is 1.45 bits per heavy atom. The van der Waals surface area contributed by atoms with E-state index in [1.54, 1.807) is 31.3 Å². The third-order valence-electron chi connectivity index (χ3n) is 3.20. The maximum absolute atomic E-state index is 12.4. The summed E-state index contributed by atoms with van der Waals surface area (Å²) in [5.74, 6) is -0.329. The van der Waals surface area contributed by atoms with Crippen molar-refractivity contribution in [3.05, 3.63) is 35.2 Å². The second-order valence-electron chi connectivity index (χ2n) is 5.13. The Balaban J connectivity index is 2.84. The zero-order valence-electron chi connectivity index (χ0n) is 13.1. The quantitative estimate of drug-likeness (QED) is 0.652. The minimum absolute atomic E-state index is 0.101. The average molecular weight is 300 g/mol. The van der Waals surface area contributed by atoms with E-state index in [1.807, 2.05) is 19.0 Å². The van der Waals surface area contributed by atoms with Crippen molar-refractivity contribution >= 4 is 29.1 Å². The monoisotopic (exact) mass is 300 g/mol. The van der Waals surface area contributed by atoms with Crippen LogP contribution in [0.4, 0.5) is 5.69 Å². The third kappa shape index (κ3) is 2.88. The minimum atomic E-state index is -0.430. The number of rotatable bonds is 5. The fourth-order valence-electron chi connectivity index (χ4n) is 2.39. The molecular weight excluding hydrogens is 280 g/mol. The smallest absolute Gasteiger partial charge is 0.340 e. The Morgan fingerprint density at radius 2 is 2.18 bits per heavy atom. The molecule has 0 unspecified atom stereocenters. The largest absolute Gasteiger partial charge is 0.507 e. The molecular formula is C17H20N2O3. The molecule has 0 saturated heterocycles. The number of fused-ring (bicyclic) bond motifs is 1. The van der Waals surface area contributed by atoms with Gasteiger partial charge in [0.05, 0.1) is 23.6 Å². The molecule has 5 nitrogen and oxygen atoms in total. The Kier molecular flexibility index (Phi) is 4.65. The van der Waals surface area contributed by atoms with Crippen molar-refractivity contribution in [2.45, 2.75) is 13.3 Å². The van der Waals surface area contributed by atoms with Crippen LogP contribution in [0, 0.1) is 0 Å². The SMILES string of the molecule is C=CCC1=Nc2ccc(O)c(=CN(C)C)c2=C1C(=O)OCC. The highest BCUT2D eigenvalue weighted by atomic mass is 16.5. The number of carbonyl (C=O) groups is 1. The van der Waals surface area contributed by atoms with Gasteiger partial charge in [-0.05, 0) is 19.1 Å². The lowest BCUT2D eigenvalue weighted by Gasteiger charge is -2.07.